The van der Waals surface area contributed by atoms with Gasteiger partial charge in [-0.05, 0) is 60.0 Å². The zero-order valence-electron chi connectivity index (χ0n) is 21.0. The maximum Gasteiger partial charge on any atom is 0.249 e. The second-order valence-electron chi connectivity index (χ2n) is 9.19. The zero-order chi connectivity index (χ0) is 25.1. The molecule has 0 fully saturated rings. The first-order chi connectivity index (χ1) is 16.2. The summed E-state index contributed by atoms with van der Waals surface area (Å²) < 4.78 is 7.41. The van der Waals surface area contributed by atoms with E-state index in [0.29, 0.717) is 18.9 Å². The molecule has 3 N–H and O–H groups in total. The highest BCUT2D eigenvalue weighted by molar-refractivity contribution is 7.97. The molecule has 7 heteroatoms. The molecule has 4 atom stereocenters. The van der Waals surface area contributed by atoms with Crippen LogP contribution < -0.4 is 10.1 Å². The summed E-state index contributed by atoms with van der Waals surface area (Å²) >= 11 is 1.59. The lowest BCUT2D eigenvalue weighted by Gasteiger charge is -2.31. The van der Waals surface area contributed by atoms with Gasteiger partial charge in [-0.1, -0.05) is 64.4 Å². The number of aliphatic hydroxyl groups excluding tert-OH is 2. The molecule has 0 spiro atoms. The fourth-order valence-corrected chi connectivity index (χ4v) is 4.58. The van der Waals surface area contributed by atoms with Gasteiger partial charge in [0.2, 0.25) is 5.91 Å². The van der Waals surface area contributed by atoms with Gasteiger partial charge >= 0.3 is 0 Å². The van der Waals surface area contributed by atoms with Crippen LogP contribution in [-0.2, 0) is 11.2 Å². The summed E-state index contributed by atoms with van der Waals surface area (Å²) in [5.74, 6) is 0.586. The van der Waals surface area contributed by atoms with Crippen molar-refractivity contribution in [2.24, 2.45) is 11.8 Å². The number of hydrogen-bond donors (Lipinski definition) is 3. The van der Waals surface area contributed by atoms with Gasteiger partial charge < -0.3 is 20.3 Å². The molecule has 0 heterocycles. The van der Waals surface area contributed by atoms with E-state index in [1.54, 1.807) is 32.9 Å². The second kappa shape index (κ2) is 14.4. The van der Waals surface area contributed by atoms with E-state index in [1.165, 1.54) is 0 Å². The Morgan fingerprint density at radius 1 is 1.03 bits per heavy atom. The van der Waals surface area contributed by atoms with Gasteiger partial charge in [-0.3, -0.25) is 4.79 Å². The van der Waals surface area contributed by atoms with Crippen LogP contribution in [0.1, 0.15) is 39.7 Å². The molecule has 0 saturated carbocycles. The summed E-state index contributed by atoms with van der Waals surface area (Å²) in [5.41, 5.74) is 1.02. The molecule has 0 radical (unpaired) electrons. The van der Waals surface area contributed by atoms with E-state index in [-0.39, 0.29) is 5.92 Å². The molecule has 34 heavy (non-hydrogen) atoms. The number of ether oxygens (including phenoxy) is 1. The fourth-order valence-electron chi connectivity index (χ4n) is 3.47. The topological polar surface area (TPSA) is 82.0 Å². The molecule has 6 nitrogen and oxygen atoms in total. The van der Waals surface area contributed by atoms with Crippen molar-refractivity contribution in [3.63, 3.8) is 0 Å². The van der Waals surface area contributed by atoms with Crippen molar-refractivity contribution < 1.29 is 19.7 Å². The number of aliphatic hydroxyl groups is 2. The second-order valence-corrected chi connectivity index (χ2v) is 10.4. The monoisotopic (exact) mass is 488 g/mol. The van der Waals surface area contributed by atoms with Crippen molar-refractivity contribution in [3.8, 4) is 5.75 Å². The standard InChI is InChI=1S/C27H40N2O4S/c1-6-20(4)17-29(34-23-14-12-22(33-5)13-15-23)18-25(30)24(16-21-10-8-7-9-11-21)28-27(32)26(31)19(2)3/h7-15,19-20,24-26,30-31H,6,16-18H2,1-5H3,(H,28,32). The summed E-state index contributed by atoms with van der Waals surface area (Å²) in [6, 6.07) is 17.1. The number of carbonyl (C=O) groups is 1. The van der Waals surface area contributed by atoms with E-state index in [2.05, 4.69) is 23.5 Å². The number of benzene rings is 2. The van der Waals surface area contributed by atoms with Gasteiger partial charge in [-0.15, -0.1) is 0 Å². The average molecular weight is 489 g/mol. The van der Waals surface area contributed by atoms with E-state index in [4.69, 9.17) is 4.74 Å². The molecule has 1 amide bonds. The van der Waals surface area contributed by atoms with Crippen LogP contribution in [0.3, 0.4) is 0 Å². The van der Waals surface area contributed by atoms with Crippen molar-refractivity contribution in [1.82, 2.24) is 9.62 Å². The van der Waals surface area contributed by atoms with Crippen LogP contribution >= 0.6 is 11.9 Å². The highest BCUT2D eigenvalue weighted by Gasteiger charge is 2.28. The van der Waals surface area contributed by atoms with E-state index in [1.807, 2.05) is 54.6 Å². The third-order valence-electron chi connectivity index (χ3n) is 5.89. The molecule has 188 valence electrons. The molecular weight excluding hydrogens is 448 g/mol. The average Bonchev–Trinajstić information content (AvgIpc) is 2.83. The maximum absolute atomic E-state index is 12.6. The number of carbonyl (C=O) groups excluding carboxylic acids is 1. The molecule has 0 aliphatic heterocycles. The first kappa shape index (κ1) is 28.2. The molecule has 2 aromatic rings. The number of nitrogens with zero attached hydrogens (tertiary/aromatic N) is 1. The van der Waals surface area contributed by atoms with Gasteiger partial charge in [0.1, 0.15) is 11.9 Å². The van der Waals surface area contributed by atoms with Crippen molar-refractivity contribution in [3.05, 3.63) is 60.2 Å². The lowest BCUT2D eigenvalue weighted by Crippen LogP contribution is -2.52. The Bertz CT molecular complexity index is 847. The number of nitrogens with one attached hydrogen (secondary N) is 1. The SMILES string of the molecule is CCC(C)CN(CC(O)C(Cc1ccccc1)NC(=O)C(O)C(C)C)Sc1ccc(OC)cc1. The highest BCUT2D eigenvalue weighted by atomic mass is 32.2. The summed E-state index contributed by atoms with van der Waals surface area (Å²) in [5, 5.41) is 24.4. The van der Waals surface area contributed by atoms with Gasteiger partial charge in [-0.2, -0.15) is 0 Å². The third kappa shape index (κ3) is 9.29. The quantitative estimate of drug-likeness (QED) is 0.347. The van der Waals surface area contributed by atoms with Crippen LogP contribution in [0.15, 0.2) is 59.5 Å². The molecule has 4 unspecified atom stereocenters. The van der Waals surface area contributed by atoms with Crippen LogP contribution in [0.2, 0.25) is 0 Å². The molecule has 0 saturated heterocycles. The van der Waals surface area contributed by atoms with Crippen molar-refractivity contribution >= 4 is 17.9 Å². The first-order valence-electron chi connectivity index (χ1n) is 12.0. The maximum atomic E-state index is 12.6. The van der Waals surface area contributed by atoms with Crippen LogP contribution in [0.5, 0.6) is 5.75 Å². The molecular formula is C27H40N2O4S. The van der Waals surface area contributed by atoms with Gasteiger partial charge in [0, 0.05) is 18.0 Å². The lowest BCUT2D eigenvalue weighted by atomic mass is 9.99. The Kier molecular flexibility index (Phi) is 11.9. The van der Waals surface area contributed by atoms with Gasteiger partial charge in [-0.25, -0.2) is 4.31 Å². The van der Waals surface area contributed by atoms with Gasteiger partial charge in [0.05, 0.1) is 19.3 Å². The Balaban J connectivity index is 2.19. The van der Waals surface area contributed by atoms with E-state index < -0.39 is 24.2 Å². The number of amides is 1. The van der Waals surface area contributed by atoms with Crippen molar-refractivity contribution in [2.75, 3.05) is 20.2 Å². The Morgan fingerprint density at radius 3 is 2.24 bits per heavy atom. The Labute approximate surface area is 208 Å². The molecule has 0 aromatic heterocycles. The minimum absolute atomic E-state index is 0.206. The summed E-state index contributed by atoms with van der Waals surface area (Å²) in [6.07, 6.45) is -0.433. The molecule has 0 aliphatic rings. The Morgan fingerprint density at radius 2 is 1.68 bits per heavy atom. The normalized spacial score (nSPS) is 15.1. The largest absolute Gasteiger partial charge is 0.497 e. The predicted molar refractivity (Wildman–Crippen MR) is 139 cm³/mol. The predicted octanol–water partition coefficient (Wildman–Crippen LogP) is 4.16. The van der Waals surface area contributed by atoms with Crippen LogP contribution in [-0.4, -0.2) is 58.9 Å². The first-order valence-corrected chi connectivity index (χ1v) is 12.8. The van der Waals surface area contributed by atoms with Crippen LogP contribution in [0.4, 0.5) is 0 Å². The highest BCUT2D eigenvalue weighted by Crippen LogP contribution is 2.27. The van der Waals surface area contributed by atoms with E-state index >= 15 is 0 Å². The Hall–Kier alpha value is -2.06. The molecule has 2 rings (SSSR count). The third-order valence-corrected chi connectivity index (χ3v) is 6.93. The number of hydrogen-bond acceptors (Lipinski definition) is 6. The van der Waals surface area contributed by atoms with Crippen molar-refractivity contribution in [2.45, 2.75) is 63.7 Å². The molecule has 0 bridgehead atoms. The zero-order valence-corrected chi connectivity index (χ0v) is 21.8. The molecule has 0 aliphatic carbocycles. The molecule has 2 aromatic carbocycles. The van der Waals surface area contributed by atoms with Crippen LogP contribution in [0, 0.1) is 11.8 Å². The summed E-state index contributed by atoms with van der Waals surface area (Å²) in [4.78, 5) is 13.7. The minimum Gasteiger partial charge on any atom is -0.497 e. The van der Waals surface area contributed by atoms with E-state index in [0.717, 1.165) is 29.2 Å². The van der Waals surface area contributed by atoms with Gasteiger partial charge in [0.15, 0.2) is 0 Å². The summed E-state index contributed by atoms with van der Waals surface area (Å²) in [6.45, 7) is 9.11. The van der Waals surface area contributed by atoms with Crippen LogP contribution in [0.25, 0.3) is 0 Å². The number of rotatable bonds is 14. The van der Waals surface area contributed by atoms with Gasteiger partial charge in [0.25, 0.3) is 0 Å². The van der Waals surface area contributed by atoms with Crippen molar-refractivity contribution in [1.29, 1.82) is 0 Å². The smallest absolute Gasteiger partial charge is 0.249 e. The fraction of sp³-hybridized carbons (Fsp3) is 0.519. The minimum atomic E-state index is -1.12. The van der Waals surface area contributed by atoms with E-state index in [9.17, 15) is 15.0 Å². The summed E-state index contributed by atoms with van der Waals surface area (Å²) in [7, 11) is 1.64. The number of methoxy groups -OCH3 is 1. The lowest BCUT2D eigenvalue weighted by molar-refractivity contribution is -0.133.